The third-order valence-electron chi connectivity index (χ3n) is 3.42. The van der Waals surface area contributed by atoms with Gasteiger partial charge in [0.2, 0.25) is 5.91 Å². The van der Waals surface area contributed by atoms with Crippen molar-refractivity contribution in [3.8, 4) is 0 Å². The van der Waals surface area contributed by atoms with E-state index in [1.54, 1.807) is 13.0 Å². The fourth-order valence-corrected chi connectivity index (χ4v) is 2.30. The molecule has 0 aliphatic heterocycles. The van der Waals surface area contributed by atoms with Gasteiger partial charge in [0.25, 0.3) is 0 Å². The molecule has 20 heavy (non-hydrogen) atoms. The molecular formula is C15H25NO4. The van der Waals surface area contributed by atoms with E-state index in [9.17, 15) is 14.7 Å². The Morgan fingerprint density at radius 1 is 1.40 bits per heavy atom. The number of hydrogen-bond acceptors (Lipinski definition) is 4. The molecule has 0 fully saturated rings. The molecule has 5 heteroatoms. The van der Waals surface area contributed by atoms with E-state index in [2.05, 4.69) is 5.32 Å². The predicted molar refractivity (Wildman–Crippen MR) is 76.0 cm³/mol. The quantitative estimate of drug-likeness (QED) is 0.573. The number of amides is 1. The summed E-state index contributed by atoms with van der Waals surface area (Å²) in [7, 11) is 0. The Morgan fingerprint density at radius 3 is 2.95 bits per heavy atom. The smallest absolute Gasteiger partial charge is 0.307 e. The lowest BCUT2D eigenvalue weighted by Crippen LogP contribution is -2.31. The van der Waals surface area contributed by atoms with Gasteiger partial charge in [0.05, 0.1) is 19.1 Å². The molecule has 2 unspecified atom stereocenters. The number of hydrogen-bond donors (Lipinski definition) is 2. The van der Waals surface area contributed by atoms with Crippen LogP contribution in [0.1, 0.15) is 45.4 Å². The summed E-state index contributed by atoms with van der Waals surface area (Å²) in [5, 5.41) is 12.7. The molecule has 1 aliphatic rings. The largest absolute Gasteiger partial charge is 0.466 e. The van der Waals surface area contributed by atoms with Gasteiger partial charge in [-0.3, -0.25) is 9.59 Å². The van der Waals surface area contributed by atoms with Crippen molar-refractivity contribution in [2.75, 3.05) is 13.2 Å². The maximum Gasteiger partial charge on any atom is 0.307 e. The maximum atomic E-state index is 11.8. The number of carbonyl (C=O) groups is 2. The van der Waals surface area contributed by atoms with Crippen molar-refractivity contribution >= 4 is 11.9 Å². The average molecular weight is 283 g/mol. The Kier molecular flexibility index (Phi) is 7.95. The Morgan fingerprint density at radius 2 is 2.20 bits per heavy atom. The van der Waals surface area contributed by atoms with Crippen LogP contribution in [0, 0.1) is 5.92 Å². The van der Waals surface area contributed by atoms with E-state index < -0.39 is 6.10 Å². The highest BCUT2D eigenvalue weighted by molar-refractivity contribution is 5.77. The Balaban J connectivity index is 2.27. The van der Waals surface area contributed by atoms with Gasteiger partial charge in [-0.1, -0.05) is 18.6 Å². The zero-order chi connectivity index (χ0) is 14.8. The molecule has 0 spiro atoms. The normalized spacial score (nSPS) is 24.3. The van der Waals surface area contributed by atoms with Crippen molar-refractivity contribution in [2.24, 2.45) is 5.92 Å². The SMILES string of the molecule is CCOC(=O)CCNC(=O)CC1CCCC/C=C/C1O. The van der Waals surface area contributed by atoms with Gasteiger partial charge in [0.15, 0.2) is 0 Å². The predicted octanol–water partition coefficient (Wildman–Crippen LogP) is 1.55. The van der Waals surface area contributed by atoms with Crippen molar-refractivity contribution in [3.05, 3.63) is 12.2 Å². The van der Waals surface area contributed by atoms with Gasteiger partial charge in [-0.2, -0.15) is 0 Å². The number of aliphatic hydroxyl groups excluding tert-OH is 1. The fraction of sp³-hybridized carbons (Fsp3) is 0.733. The molecule has 0 aromatic rings. The highest BCUT2D eigenvalue weighted by Crippen LogP contribution is 2.21. The molecule has 5 nitrogen and oxygen atoms in total. The molecule has 0 aromatic heterocycles. The lowest BCUT2D eigenvalue weighted by molar-refractivity contribution is -0.143. The van der Waals surface area contributed by atoms with Gasteiger partial charge in [-0.05, 0) is 32.1 Å². The topological polar surface area (TPSA) is 75.6 Å². The van der Waals surface area contributed by atoms with Crippen LogP contribution < -0.4 is 5.32 Å². The monoisotopic (exact) mass is 283 g/mol. The van der Waals surface area contributed by atoms with Crippen LogP contribution in [0.4, 0.5) is 0 Å². The third kappa shape index (κ3) is 6.70. The van der Waals surface area contributed by atoms with Crippen LogP contribution in [0.3, 0.4) is 0 Å². The molecule has 0 aromatic carbocycles. The highest BCUT2D eigenvalue weighted by atomic mass is 16.5. The summed E-state index contributed by atoms with van der Waals surface area (Å²) < 4.78 is 4.78. The fourth-order valence-electron chi connectivity index (χ4n) is 2.30. The second-order valence-electron chi connectivity index (χ2n) is 5.07. The molecule has 114 valence electrons. The number of ether oxygens (including phenoxy) is 1. The van der Waals surface area contributed by atoms with Gasteiger partial charge in [-0.25, -0.2) is 0 Å². The minimum atomic E-state index is -0.550. The number of nitrogens with one attached hydrogen (secondary N) is 1. The van der Waals surface area contributed by atoms with E-state index in [1.165, 1.54) is 0 Å². The Bertz CT molecular complexity index is 341. The lowest BCUT2D eigenvalue weighted by Gasteiger charge is -2.21. The number of carbonyl (C=O) groups excluding carboxylic acids is 2. The van der Waals surface area contributed by atoms with E-state index in [0.717, 1.165) is 25.7 Å². The summed E-state index contributed by atoms with van der Waals surface area (Å²) in [4.78, 5) is 22.9. The van der Waals surface area contributed by atoms with E-state index in [0.29, 0.717) is 13.0 Å². The molecule has 0 saturated heterocycles. The standard InChI is InChI=1S/C15H25NO4/c1-2-20-15(19)9-10-16-14(18)11-12-7-5-3-4-6-8-13(12)17/h6,8,12-13,17H,2-5,7,9-11H2,1H3,(H,16,18)/b8-6+. The Hall–Kier alpha value is -1.36. The maximum absolute atomic E-state index is 11.8. The molecule has 0 heterocycles. The van der Waals surface area contributed by atoms with Gasteiger partial charge < -0.3 is 15.2 Å². The summed E-state index contributed by atoms with van der Waals surface area (Å²) in [6.45, 7) is 2.39. The zero-order valence-corrected chi connectivity index (χ0v) is 12.1. The van der Waals surface area contributed by atoms with Crippen molar-refractivity contribution in [3.63, 3.8) is 0 Å². The summed E-state index contributed by atoms with van der Waals surface area (Å²) in [6, 6.07) is 0. The minimum Gasteiger partial charge on any atom is -0.466 e. The summed E-state index contributed by atoms with van der Waals surface area (Å²) in [5.41, 5.74) is 0. The molecule has 0 saturated carbocycles. The summed E-state index contributed by atoms with van der Waals surface area (Å²) >= 11 is 0. The number of allylic oxidation sites excluding steroid dienone is 1. The van der Waals surface area contributed by atoms with Crippen LogP contribution in [0.15, 0.2) is 12.2 Å². The third-order valence-corrected chi connectivity index (χ3v) is 3.42. The molecule has 2 atom stereocenters. The van der Waals surface area contributed by atoms with Crippen molar-refractivity contribution in [1.29, 1.82) is 0 Å². The molecule has 1 aliphatic carbocycles. The van der Waals surface area contributed by atoms with E-state index in [4.69, 9.17) is 4.74 Å². The van der Waals surface area contributed by atoms with Crippen molar-refractivity contribution in [2.45, 2.75) is 51.6 Å². The number of aliphatic hydroxyl groups is 1. The van der Waals surface area contributed by atoms with E-state index >= 15 is 0 Å². The first-order valence-corrected chi connectivity index (χ1v) is 7.40. The Labute approximate surface area is 120 Å². The summed E-state index contributed by atoms with van der Waals surface area (Å²) in [6.07, 6.45) is 7.69. The van der Waals surface area contributed by atoms with Crippen LogP contribution in [0.25, 0.3) is 0 Å². The van der Waals surface area contributed by atoms with Crippen LogP contribution in [0.5, 0.6) is 0 Å². The summed E-state index contributed by atoms with van der Waals surface area (Å²) in [5.74, 6) is -0.455. The second-order valence-corrected chi connectivity index (χ2v) is 5.07. The zero-order valence-electron chi connectivity index (χ0n) is 12.1. The van der Waals surface area contributed by atoms with Crippen LogP contribution >= 0.6 is 0 Å². The molecule has 1 rings (SSSR count). The van der Waals surface area contributed by atoms with Gasteiger partial charge in [-0.15, -0.1) is 0 Å². The first kappa shape index (κ1) is 16.7. The van der Waals surface area contributed by atoms with Crippen molar-refractivity contribution in [1.82, 2.24) is 5.32 Å². The first-order valence-electron chi connectivity index (χ1n) is 7.40. The van der Waals surface area contributed by atoms with Crippen LogP contribution in [-0.2, 0) is 14.3 Å². The van der Waals surface area contributed by atoms with E-state index in [-0.39, 0.29) is 30.8 Å². The van der Waals surface area contributed by atoms with Gasteiger partial charge in [0.1, 0.15) is 0 Å². The molecule has 1 amide bonds. The van der Waals surface area contributed by atoms with Gasteiger partial charge >= 0.3 is 5.97 Å². The second kappa shape index (κ2) is 9.53. The van der Waals surface area contributed by atoms with E-state index in [1.807, 2.05) is 6.08 Å². The number of rotatable bonds is 6. The number of esters is 1. The molecular weight excluding hydrogens is 258 g/mol. The van der Waals surface area contributed by atoms with Crippen LogP contribution in [-0.4, -0.2) is 36.2 Å². The highest BCUT2D eigenvalue weighted by Gasteiger charge is 2.21. The molecule has 2 N–H and O–H groups in total. The van der Waals surface area contributed by atoms with Crippen LogP contribution in [0.2, 0.25) is 0 Å². The first-order chi connectivity index (χ1) is 9.63. The van der Waals surface area contributed by atoms with Gasteiger partial charge in [0, 0.05) is 13.0 Å². The minimum absolute atomic E-state index is 0.0332. The average Bonchev–Trinajstić information content (AvgIpc) is 2.39. The lowest BCUT2D eigenvalue weighted by atomic mass is 9.89. The molecule has 0 bridgehead atoms. The molecule has 0 radical (unpaired) electrons. The van der Waals surface area contributed by atoms with Crippen molar-refractivity contribution < 1.29 is 19.4 Å².